The van der Waals surface area contributed by atoms with Crippen molar-refractivity contribution in [1.82, 2.24) is 9.80 Å². The van der Waals surface area contributed by atoms with E-state index in [1.807, 2.05) is 12.1 Å². The van der Waals surface area contributed by atoms with Crippen LogP contribution in [0.1, 0.15) is 24.5 Å². The van der Waals surface area contributed by atoms with Crippen molar-refractivity contribution < 1.29 is 23.7 Å². The Kier molecular flexibility index (Phi) is 4.43. The smallest absolute Gasteiger partial charge is 0.410 e. The summed E-state index contributed by atoms with van der Waals surface area (Å²) in [6, 6.07) is 4.32. The highest BCUT2D eigenvalue weighted by atomic mass is 16.6. The molecule has 0 aliphatic carbocycles. The van der Waals surface area contributed by atoms with E-state index in [-0.39, 0.29) is 12.2 Å². The molecule has 0 radical (unpaired) electrons. The third-order valence-corrected chi connectivity index (χ3v) is 5.07. The fourth-order valence-electron chi connectivity index (χ4n) is 3.76. The van der Waals surface area contributed by atoms with E-state index in [4.69, 9.17) is 18.9 Å². The number of rotatable bonds is 3. The minimum absolute atomic E-state index is 0.0822. The van der Waals surface area contributed by atoms with E-state index in [0.29, 0.717) is 39.1 Å². The lowest BCUT2D eigenvalue weighted by Crippen LogP contribution is -2.33. The Balaban J connectivity index is 1.38. The highest BCUT2D eigenvalue weighted by Crippen LogP contribution is 2.37. The number of hydrogen-bond donors (Lipinski definition) is 0. The first-order valence-corrected chi connectivity index (χ1v) is 8.74. The lowest BCUT2D eigenvalue weighted by atomic mass is 10.1. The molecular weight excluding hydrogens is 324 g/mol. The minimum Gasteiger partial charge on any atom is -0.486 e. The second-order valence-corrected chi connectivity index (χ2v) is 6.90. The number of benzene rings is 1. The summed E-state index contributed by atoms with van der Waals surface area (Å²) in [6.45, 7) is 5.64. The fraction of sp³-hybridized carbons (Fsp3) is 0.611. The molecule has 0 saturated carbocycles. The number of likely N-dealkylation sites (tertiary alicyclic amines) is 1. The first-order chi connectivity index (χ1) is 12.1. The van der Waals surface area contributed by atoms with Gasteiger partial charge in [0, 0.05) is 39.2 Å². The summed E-state index contributed by atoms with van der Waals surface area (Å²) in [4.78, 5) is 16.5. The summed E-state index contributed by atoms with van der Waals surface area (Å²) in [5, 5.41) is 0. The van der Waals surface area contributed by atoms with Crippen LogP contribution in [0, 0.1) is 0 Å². The van der Waals surface area contributed by atoms with Gasteiger partial charge in [0.15, 0.2) is 11.5 Å². The molecule has 4 rings (SSSR count). The van der Waals surface area contributed by atoms with Crippen LogP contribution in [-0.4, -0.2) is 61.6 Å². The van der Waals surface area contributed by atoms with Crippen molar-refractivity contribution in [3.05, 3.63) is 23.3 Å². The predicted octanol–water partition coefficient (Wildman–Crippen LogP) is 1.98. The summed E-state index contributed by atoms with van der Waals surface area (Å²) in [5.74, 6) is 1.53. The second-order valence-electron chi connectivity index (χ2n) is 6.90. The molecule has 2 atom stereocenters. The number of amides is 1. The molecule has 0 bridgehead atoms. The topological polar surface area (TPSA) is 60.5 Å². The average molecular weight is 348 g/mol. The predicted molar refractivity (Wildman–Crippen MR) is 89.6 cm³/mol. The average Bonchev–Trinajstić information content (AvgIpc) is 3.16. The van der Waals surface area contributed by atoms with Crippen LogP contribution in [0.5, 0.6) is 11.5 Å². The van der Waals surface area contributed by atoms with Crippen molar-refractivity contribution >= 4 is 6.09 Å². The van der Waals surface area contributed by atoms with Crippen LogP contribution in [-0.2, 0) is 22.6 Å². The van der Waals surface area contributed by atoms with Crippen LogP contribution < -0.4 is 9.47 Å². The molecule has 1 fully saturated rings. The molecule has 1 aromatic carbocycles. The van der Waals surface area contributed by atoms with E-state index in [9.17, 15) is 4.79 Å². The van der Waals surface area contributed by atoms with E-state index in [0.717, 1.165) is 35.6 Å². The molecule has 0 spiro atoms. The highest BCUT2D eigenvalue weighted by molar-refractivity contribution is 5.69. The lowest BCUT2D eigenvalue weighted by Gasteiger charge is -2.20. The van der Waals surface area contributed by atoms with Crippen LogP contribution in [0.2, 0.25) is 0 Å². The van der Waals surface area contributed by atoms with Crippen molar-refractivity contribution in [3.8, 4) is 11.5 Å². The minimum atomic E-state index is -0.257. The van der Waals surface area contributed by atoms with Gasteiger partial charge in [-0.25, -0.2) is 4.79 Å². The van der Waals surface area contributed by atoms with Crippen molar-refractivity contribution in [2.75, 3.05) is 33.6 Å². The molecule has 3 aliphatic rings. The van der Waals surface area contributed by atoms with Crippen LogP contribution >= 0.6 is 0 Å². The first kappa shape index (κ1) is 16.5. The Morgan fingerprint density at radius 2 is 1.84 bits per heavy atom. The van der Waals surface area contributed by atoms with Crippen molar-refractivity contribution in [2.45, 2.75) is 38.6 Å². The Morgan fingerprint density at radius 1 is 1.20 bits per heavy atom. The molecule has 1 amide bonds. The van der Waals surface area contributed by atoms with Gasteiger partial charge in [-0.2, -0.15) is 0 Å². The summed E-state index contributed by atoms with van der Waals surface area (Å²) in [6.07, 6.45) is 0.500. The summed E-state index contributed by atoms with van der Waals surface area (Å²) < 4.78 is 22.2. The number of nitrogens with zero attached hydrogens (tertiary/aromatic N) is 2. The Morgan fingerprint density at radius 3 is 2.44 bits per heavy atom. The number of hydrogen-bond acceptors (Lipinski definition) is 6. The van der Waals surface area contributed by atoms with Gasteiger partial charge in [-0.15, -0.1) is 0 Å². The maximum atomic E-state index is 12.6. The van der Waals surface area contributed by atoms with Gasteiger partial charge in [0.1, 0.15) is 19.3 Å². The number of fused-ring (bicyclic) bond motifs is 2. The molecule has 2 unspecified atom stereocenters. The fourth-order valence-corrected chi connectivity index (χ4v) is 3.76. The van der Waals surface area contributed by atoms with E-state index < -0.39 is 0 Å². The van der Waals surface area contributed by atoms with Crippen LogP contribution in [0.15, 0.2) is 12.1 Å². The van der Waals surface area contributed by atoms with Crippen LogP contribution in [0.3, 0.4) is 0 Å². The van der Waals surface area contributed by atoms with E-state index in [1.165, 1.54) is 0 Å². The zero-order valence-corrected chi connectivity index (χ0v) is 14.7. The maximum Gasteiger partial charge on any atom is 0.410 e. The molecule has 7 heteroatoms. The molecule has 3 aliphatic heterocycles. The number of methoxy groups -OCH3 is 1. The van der Waals surface area contributed by atoms with Gasteiger partial charge in [-0.05, 0) is 30.2 Å². The monoisotopic (exact) mass is 348 g/mol. The van der Waals surface area contributed by atoms with Gasteiger partial charge in [0.05, 0.1) is 6.73 Å². The Bertz CT molecular complexity index is 630. The second kappa shape index (κ2) is 6.72. The van der Waals surface area contributed by atoms with Gasteiger partial charge >= 0.3 is 6.09 Å². The molecule has 1 saturated heterocycles. The number of carbonyl (C=O) groups is 1. The van der Waals surface area contributed by atoms with Gasteiger partial charge in [-0.3, -0.25) is 9.80 Å². The number of carbonyl (C=O) groups excluding carboxylic acids is 1. The van der Waals surface area contributed by atoms with Gasteiger partial charge in [0.2, 0.25) is 0 Å². The van der Waals surface area contributed by atoms with E-state index in [1.54, 1.807) is 12.0 Å². The number of ether oxygens (including phenoxy) is 4. The summed E-state index contributed by atoms with van der Waals surface area (Å²) in [7, 11) is 1.68. The zero-order valence-electron chi connectivity index (χ0n) is 14.7. The molecule has 1 aromatic rings. The van der Waals surface area contributed by atoms with Crippen molar-refractivity contribution in [1.29, 1.82) is 0 Å². The van der Waals surface area contributed by atoms with Gasteiger partial charge < -0.3 is 18.9 Å². The standard InChI is InChI=1S/C18H24N2O5/c1-12-5-15(10-20(12)11-22-2)25-18(21)19-8-13-6-16-17(7-14(13)9-19)24-4-3-23-16/h6-7,12,15H,3-5,8-11H2,1-2H3. The highest BCUT2D eigenvalue weighted by Gasteiger charge is 2.34. The third kappa shape index (κ3) is 3.26. The molecule has 7 nitrogen and oxygen atoms in total. The SMILES string of the molecule is COCN1CC(OC(=O)N2Cc3cc4c(cc3C2)OCCO4)CC1C. The van der Waals surface area contributed by atoms with E-state index in [2.05, 4.69) is 11.8 Å². The summed E-state index contributed by atoms with van der Waals surface area (Å²) in [5.41, 5.74) is 2.20. The van der Waals surface area contributed by atoms with Crippen molar-refractivity contribution in [3.63, 3.8) is 0 Å². The largest absolute Gasteiger partial charge is 0.486 e. The molecular formula is C18H24N2O5. The lowest BCUT2D eigenvalue weighted by molar-refractivity contribution is 0.0396. The Labute approximate surface area is 147 Å². The van der Waals surface area contributed by atoms with Crippen LogP contribution in [0.4, 0.5) is 4.79 Å². The quantitative estimate of drug-likeness (QED) is 0.832. The van der Waals surface area contributed by atoms with Crippen LogP contribution in [0.25, 0.3) is 0 Å². The molecule has 3 heterocycles. The van der Waals surface area contributed by atoms with Gasteiger partial charge in [-0.1, -0.05) is 0 Å². The van der Waals surface area contributed by atoms with Crippen molar-refractivity contribution in [2.24, 2.45) is 0 Å². The van der Waals surface area contributed by atoms with Gasteiger partial charge in [0.25, 0.3) is 0 Å². The molecule has 136 valence electrons. The maximum absolute atomic E-state index is 12.6. The third-order valence-electron chi connectivity index (χ3n) is 5.07. The Hall–Kier alpha value is -1.99. The zero-order chi connectivity index (χ0) is 17.4. The molecule has 25 heavy (non-hydrogen) atoms. The molecule has 0 aromatic heterocycles. The molecule has 0 N–H and O–H groups in total. The van der Waals surface area contributed by atoms with E-state index >= 15 is 0 Å². The summed E-state index contributed by atoms with van der Waals surface area (Å²) >= 11 is 0. The first-order valence-electron chi connectivity index (χ1n) is 8.74. The normalized spacial score (nSPS) is 25.1.